The summed E-state index contributed by atoms with van der Waals surface area (Å²) in [6.45, 7) is 7.85. The summed E-state index contributed by atoms with van der Waals surface area (Å²) in [5.41, 5.74) is 5.96. The Kier molecular flexibility index (Phi) is 5.81. The molecule has 0 spiro atoms. The minimum absolute atomic E-state index is 0.164. The molecular formula is C15H29N3O2. The van der Waals surface area contributed by atoms with Gasteiger partial charge >= 0.3 is 0 Å². The largest absolute Gasteiger partial charge is 0.375 e. The Morgan fingerprint density at radius 3 is 2.80 bits per heavy atom. The molecular weight excluding hydrogens is 254 g/mol. The van der Waals surface area contributed by atoms with Gasteiger partial charge in [0.1, 0.15) is 0 Å². The quantitative estimate of drug-likeness (QED) is 0.784. The van der Waals surface area contributed by atoms with E-state index in [-0.39, 0.29) is 11.9 Å². The smallest absolute Gasteiger partial charge is 0.224 e. The van der Waals surface area contributed by atoms with Crippen LogP contribution in [0, 0.1) is 0 Å². The predicted octanol–water partition coefficient (Wildman–Crippen LogP) is 0.826. The molecule has 2 aliphatic rings. The van der Waals surface area contributed by atoms with Gasteiger partial charge in [0, 0.05) is 44.7 Å². The molecule has 20 heavy (non-hydrogen) atoms. The summed E-state index contributed by atoms with van der Waals surface area (Å²) in [5, 5.41) is 0. The monoisotopic (exact) mass is 283 g/mol. The molecule has 0 bridgehead atoms. The van der Waals surface area contributed by atoms with E-state index in [1.165, 1.54) is 12.8 Å². The van der Waals surface area contributed by atoms with Crippen molar-refractivity contribution >= 4 is 5.91 Å². The van der Waals surface area contributed by atoms with E-state index >= 15 is 0 Å². The number of nitrogens with zero attached hydrogens (tertiary/aromatic N) is 2. The van der Waals surface area contributed by atoms with E-state index in [1.54, 1.807) is 0 Å². The molecule has 1 saturated carbocycles. The lowest BCUT2D eigenvalue weighted by Crippen LogP contribution is -2.56. The Balaban J connectivity index is 1.98. The SMILES string of the molecule is CCN(CC)C(=O)CC(CN)N1CCOC2CCCC21. The lowest BCUT2D eigenvalue weighted by molar-refractivity contribution is -0.134. The van der Waals surface area contributed by atoms with Crippen LogP contribution in [0.3, 0.4) is 0 Å². The maximum Gasteiger partial charge on any atom is 0.224 e. The lowest BCUT2D eigenvalue weighted by atomic mass is 10.0. The van der Waals surface area contributed by atoms with Crippen molar-refractivity contribution in [1.82, 2.24) is 9.80 Å². The fraction of sp³-hybridized carbons (Fsp3) is 0.933. The summed E-state index contributed by atoms with van der Waals surface area (Å²) in [6.07, 6.45) is 4.47. The van der Waals surface area contributed by atoms with E-state index in [0.717, 1.165) is 32.7 Å². The van der Waals surface area contributed by atoms with Crippen LogP contribution in [0.1, 0.15) is 39.5 Å². The van der Waals surface area contributed by atoms with Crippen molar-refractivity contribution in [2.24, 2.45) is 5.73 Å². The third kappa shape index (κ3) is 3.32. The van der Waals surface area contributed by atoms with E-state index < -0.39 is 0 Å². The van der Waals surface area contributed by atoms with Crippen LogP contribution in [0.2, 0.25) is 0 Å². The number of morpholine rings is 1. The molecule has 3 atom stereocenters. The number of hydrogen-bond donors (Lipinski definition) is 1. The number of carbonyl (C=O) groups is 1. The third-order valence-electron chi connectivity index (χ3n) is 4.79. The zero-order valence-corrected chi connectivity index (χ0v) is 12.9. The van der Waals surface area contributed by atoms with Crippen molar-refractivity contribution in [2.75, 3.05) is 32.8 Å². The van der Waals surface area contributed by atoms with Crippen molar-refractivity contribution < 1.29 is 9.53 Å². The topological polar surface area (TPSA) is 58.8 Å². The molecule has 0 aromatic carbocycles. The van der Waals surface area contributed by atoms with Gasteiger partial charge in [-0.1, -0.05) is 0 Å². The molecule has 0 aromatic heterocycles. The van der Waals surface area contributed by atoms with Crippen LogP contribution in [0.4, 0.5) is 0 Å². The molecule has 1 amide bonds. The van der Waals surface area contributed by atoms with Crippen LogP contribution in [-0.2, 0) is 9.53 Å². The van der Waals surface area contributed by atoms with Crippen LogP contribution in [0.5, 0.6) is 0 Å². The van der Waals surface area contributed by atoms with Gasteiger partial charge in [0.15, 0.2) is 0 Å². The third-order valence-corrected chi connectivity index (χ3v) is 4.79. The molecule has 5 heteroatoms. The summed E-state index contributed by atoms with van der Waals surface area (Å²) in [7, 11) is 0. The van der Waals surface area contributed by atoms with Gasteiger partial charge in [0.25, 0.3) is 0 Å². The molecule has 2 rings (SSSR count). The number of carbonyl (C=O) groups excluding carboxylic acids is 1. The van der Waals surface area contributed by atoms with E-state index in [2.05, 4.69) is 4.90 Å². The molecule has 3 unspecified atom stereocenters. The van der Waals surface area contributed by atoms with Crippen LogP contribution in [0.25, 0.3) is 0 Å². The van der Waals surface area contributed by atoms with Gasteiger partial charge < -0.3 is 15.4 Å². The normalized spacial score (nSPS) is 28.1. The number of fused-ring (bicyclic) bond motifs is 1. The van der Waals surface area contributed by atoms with Gasteiger partial charge in [-0.3, -0.25) is 9.69 Å². The highest BCUT2D eigenvalue weighted by Crippen LogP contribution is 2.31. The van der Waals surface area contributed by atoms with Crippen LogP contribution in [0.15, 0.2) is 0 Å². The number of rotatable bonds is 6. The zero-order valence-electron chi connectivity index (χ0n) is 12.9. The first-order chi connectivity index (χ1) is 9.71. The standard InChI is InChI=1S/C15H29N3O2/c1-3-17(4-2)15(19)10-12(11-16)18-8-9-20-14-7-5-6-13(14)18/h12-14H,3-11,16H2,1-2H3. The first kappa shape index (κ1) is 15.7. The molecule has 0 radical (unpaired) electrons. The molecule has 1 heterocycles. The average Bonchev–Trinajstić information content (AvgIpc) is 2.94. The van der Waals surface area contributed by atoms with Gasteiger partial charge in [-0.15, -0.1) is 0 Å². The van der Waals surface area contributed by atoms with Gasteiger partial charge in [-0.05, 0) is 33.1 Å². The van der Waals surface area contributed by atoms with Gasteiger partial charge in [0.05, 0.1) is 12.7 Å². The molecule has 1 aliphatic heterocycles. The summed E-state index contributed by atoms with van der Waals surface area (Å²) < 4.78 is 5.84. The Labute approximate surface area is 122 Å². The minimum atomic E-state index is 0.164. The summed E-state index contributed by atoms with van der Waals surface area (Å²) in [5.74, 6) is 0.228. The maximum absolute atomic E-state index is 12.3. The number of hydrogen-bond acceptors (Lipinski definition) is 4. The Bertz CT molecular complexity index is 320. The van der Waals surface area contributed by atoms with Gasteiger partial charge in [0.2, 0.25) is 5.91 Å². The maximum atomic E-state index is 12.3. The Morgan fingerprint density at radius 2 is 2.15 bits per heavy atom. The van der Waals surface area contributed by atoms with E-state index in [9.17, 15) is 4.79 Å². The molecule has 116 valence electrons. The van der Waals surface area contributed by atoms with Crippen LogP contribution < -0.4 is 5.73 Å². The number of ether oxygens (including phenoxy) is 1. The second kappa shape index (κ2) is 7.38. The number of nitrogens with two attached hydrogens (primary N) is 1. The highest BCUT2D eigenvalue weighted by molar-refractivity contribution is 5.76. The predicted molar refractivity (Wildman–Crippen MR) is 79.5 cm³/mol. The molecule has 0 aromatic rings. The molecule has 2 N–H and O–H groups in total. The van der Waals surface area contributed by atoms with Crippen molar-refractivity contribution in [3.8, 4) is 0 Å². The van der Waals surface area contributed by atoms with Gasteiger partial charge in [-0.25, -0.2) is 0 Å². The summed E-state index contributed by atoms with van der Waals surface area (Å²) in [6, 6.07) is 0.638. The lowest BCUT2D eigenvalue weighted by Gasteiger charge is -2.42. The first-order valence-corrected chi connectivity index (χ1v) is 8.06. The molecule has 2 fully saturated rings. The second-order valence-electron chi connectivity index (χ2n) is 5.80. The summed E-state index contributed by atoms with van der Waals surface area (Å²) >= 11 is 0. The van der Waals surface area contributed by atoms with Crippen LogP contribution in [-0.4, -0.2) is 66.7 Å². The van der Waals surface area contributed by atoms with Crippen LogP contribution >= 0.6 is 0 Å². The molecule has 5 nitrogen and oxygen atoms in total. The Morgan fingerprint density at radius 1 is 1.40 bits per heavy atom. The molecule has 1 aliphatic carbocycles. The van der Waals surface area contributed by atoms with Crippen molar-refractivity contribution in [2.45, 2.75) is 57.7 Å². The number of amides is 1. The zero-order chi connectivity index (χ0) is 14.5. The van der Waals surface area contributed by atoms with Crippen molar-refractivity contribution in [3.05, 3.63) is 0 Å². The van der Waals surface area contributed by atoms with E-state index in [4.69, 9.17) is 10.5 Å². The second-order valence-corrected chi connectivity index (χ2v) is 5.80. The van der Waals surface area contributed by atoms with E-state index in [1.807, 2.05) is 18.7 Å². The molecule has 1 saturated heterocycles. The average molecular weight is 283 g/mol. The van der Waals surface area contributed by atoms with Gasteiger partial charge in [-0.2, -0.15) is 0 Å². The first-order valence-electron chi connectivity index (χ1n) is 8.06. The van der Waals surface area contributed by atoms with Crippen molar-refractivity contribution in [3.63, 3.8) is 0 Å². The Hall–Kier alpha value is -0.650. The highest BCUT2D eigenvalue weighted by Gasteiger charge is 2.39. The minimum Gasteiger partial charge on any atom is -0.375 e. The van der Waals surface area contributed by atoms with Crippen molar-refractivity contribution in [1.29, 1.82) is 0 Å². The summed E-state index contributed by atoms with van der Waals surface area (Å²) in [4.78, 5) is 16.7. The fourth-order valence-corrected chi connectivity index (χ4v) is 3.65. The fourth-order valence-electron chi connectivity index (χ4n) is 3.65. The highest BCUT2D eigenvalue weighted by atomic mass is 16.5. The van der Waals surface area contributed by atoms with E-state index in [0.29, 0.717) is 25.1 Å².